The van der Waals surface area contributed by atoms with Gasteiger partial charge in [0.15, 0.2) is 0 Å². The van der Waals surface area contributed by atoms with Crippen molar-refractivity contribution >= 4 is 23.2 Å². The molecule has 0 fully saturated rings. The van der Waals surface area contributed by atoms with Crippen molar-refractivity contribution in [2.75, 3.05) is 0 Å². The molecule has 0 radical (unpaired) electrons. The highest BCUT2D eigenvalue weighted by Gasteiger charge is 2.17. The van der Waals surface area contributed by atoms with Crippen molar-refractivity contribution in [3.05, 3.63) is 38.9 Å². The molecule has 0 aliphatic carbocycles. The van der Waals surface area contributed by atoms with Gasteiger partial charge in [0, 0.05) is 18.2 Å². The Hall–Kier alpha value is -2.13. The highest BCUT2D eigenvalue weighted by molar-refractivity contribution is 6.34. The molecule has 0 saturated heterocycles. The zero-order chi connectivity index (χ0) is 14.4. The summed E-state index contributed by atoms with van der Waals surface area (Å²) in [5, 5.41) is 21.8. The number of carbonyl (C=O) groups is 1. The average molecular weight is 282 g/mol. The van der Waals surface area contributed by atoms with Crippen molar-refractivity contribution in [1.82, 2.24) is 5.32 Å². The van der Waals surface area contributed by atoms with Crippen LogP contribution in [0.2, 0.25) is 5.02 Å². The Morgan fingerprint density at radius 2 is 2.32 bits per heavy atom. The van der Waals surface area contributed by atoms with Gasteiger partial charge in [-0.1, -0.05) is 18.5 Å². The molecule has 0 bridgehead atoms. The van der Waals surface area contributed by atoms with E-state index >= 15 is 0 Å². The molecule has 1 aromatic carbocycles. The fourth-order valence-corrected chi connectivity index (χ4v) is 1.73. The number of rotatable bonds is 5. The monoisotopic (exact) mass is 281 g/mol. The van der Waals surface area contributed by atoms with Gasteiger partial charge in [0.25, 0.3) is 11.6 Å². The summed E-state index contributed by atoms with van der Waals surface area (Å²) in [4.78, 5) is 21.9. The molecule has 0 aliphatic rings. The number of carbonyl (C=O) groups excluding carboxylic acids is 1. The lowest BCUT2D eigenvalue weighted by atomic mass is 10.1. The summed E-state index contributed by atoms with van der Waals surface area (Å²) < 4.78 is 0. The van der Waals surface area contributed by atoms with Crippen LogP contribution in [0, 0.1) is 21.4 Å². The minimum Gasteiger partial charge on any atom is -0.348 e. The molecule has 1 N–H and O–H groups in total. The average Bonchev–Trinajstić information content (AvgIpc) is 2.37. The molecule has 0 spiro atoms. The van der Waals surface area contributed by atoms with Crippen molar-refractivity contribution in [2.45, 2.75) is 25.8 Å². The van der Waals surface area contributed by atoms with Gasteiger partial charge in [0.05, 0.1) is 28.0 Å². The number of non-ortho nitro benzene ring substituents is 1. The van der Waals surface area contributed by atoms with Crippen LogP contribution in [0.5, 0.6) is 0 Å². The van der Waals surface area contributed by atoms with Crippen LogP contribution in [0.4, 0.5) is 5.69 Å². The van der Waals surface area contributed by atoms with E-state index in [1.807, 2.05) is 13.0 Å². The molecule has 0 aliphatic heterocycles. The van der Waals surface area contributed by atoms with E-state index in [9.17, 15) is 14.9 Å². The molecule has 1 rings (SSSR count). The molecule has 19 heavy (non-hydrogen) atoms. The molecule has 7 heteroatoms. The minimum atomic E-state index is -0.585. The van der Waals surface area contributed by atoms with Crippen LogP contribution >= 0.6 is 11.6 Å². The summed E-state index contributed by atoms with van der Waals surface area (Å²) in [5.41, 5.74) is -0.0192. The lowest BCUT2D eigenvalue weighted by Crippen LogP contribution is -2.34. The quantitative estimate of drug-likeness (QED) is 0.663. The molecule has 0 heterocycles. The molecule has 1 amide bonds. The van der Waals surface area contributed by atoms with E-state index in [0.29, 0.717) is 6.42 Å². The van der Waals surface area contributed by atoms with E-state index in [1.165, 1.54) is 12.1 Å². The second kappa shape index (κ2) is 6.71. The maximum atomic E-state index is 11.9. The highest BCUT2D eigenvalue weighted by Crippen LogP contribution is 2.22. The first-order valence-electron chi connectivity index (χ1n) is 5.61. The van der Waals surface area contributed by atoms with Crippen LogP contribution in [0.15, 0.2) is 18.2 Å². The molecular weight excluding hydrogens is 270 g/mol. The predicted molar refractivity (Wildman–Crippen MR) is 69.9 cm³/mol. The molecule has 0 saturated carbocycles. The first-order chi connectivity index (χ1) is 8.99. The van der Waals surface area contributed by atoms with Gasteiger partial charge in [0.1, 0.15) is 0 Å². The van der Waals surface area contributed by atoms with Gasteiger partial charge in [-0.05, 0) is 12.5 Å². The van der Waals surface area contributed by atoms with Crippen molar-refractivity contribution in [2.24, 2.45) is 0 Å². The van der Waals surface area contributed by atoms with Gasteiger partial charge in [-0.15, -0.1) is 0 Å². The van der Waals surface area contributed by atoms with Crippen molar-refractivity contribution in [3.8, 4) is 6.07 Å². The summed E-state index contributed by atoms with van der Waals surface area (Å²) in [7, 11) is 0. The zero-order valence-electron chi connectivity index (χ0n) is 10.2. The third-order valence-electron chi connectivity index (χ3n) is 2.57. The molecule has 1 aromatic rings. The number of nitriles is 1. The van der Waals surface area contributed by atoms with Crippen molar-refractivity contribution in [3.63, 3.8) is 0 Å². The fourth-order valence-electron chi connectivity index (χ4n) is 1.47. The molecule has 1 unspecified atom stereocenters. The normalized spacial score (nSPS) is 11.4. The first-order valence-corrected chi connectivity index (χ1v) is 5.99. The van der Waals surface area contributed by atoms with E-state index in [0.717, 1.165) is 6.07 Å². The first kappa shape index (κ1) is 14.9. The Morgan fingerprint density at radius 3 is 2.79 bits per heavy atom. The maximum Gasteiger partial charge on any atom is 0.270 e. The van der Waals surface area contributed by atoms with Crippen LogP contribution in [0.3, 0.4) is 0 Å². The fraction of sp³-hybridized carbons (Fsp3) is 0.333. The van der Waals surface area contributed by atoms with Crippen molar-refractivity contribution in [1.29, 1.82) is 5.26 Å². The number of nitro groups is 1. The van der Waals surface area contributed by atoms with E-state index in [2.05, 4.69) is 5.32 Å². The maximum absolute atomic E-state index is 11.9. The van der Waals surface area contributed by atoms with E-state index in [1.54, 1.807) is 0 Å². The van der Waals surface area contributed by atoms with Gasteiger partial charge in [0.2, 0.25) is 0 Å². The lowest BCUT2D eigenvalue weighted by molar-refractivity contribution is -0.384. The second-order valence-corrected chi connectivity index (χ2v) is 4.27. The van der Waals surface area contributed by atoms with Crippen molar-refractivity contribution < 1.29 is 9.72 Å². The number of nitrogens with zero attached hydrogens (tertiary/aromatic N) is 2. The molecule has 0 aromatic heterocycles. The number of halogens is 1. The van der Waals surface area contributed by atoms with E-state index in [4.69, 9.17) is 16.9 Å². The predicted octanol–water partition coefficient (Wildman–Crippen LogP) is 2.67. The van der Waals surface area contributed by atoms with Gasteiger partial charge < -0.3 is 5.32 Å². The third kappa shape index (κ3) is 3.93. The van der Waals surface area contributed by atoms with E-state index in [-0.39, 0.29) is 28.7 Å². The molecule has 100 valence electrons. The van der Waals surface area contributed by atoms with Crippen LogP contribution in [0.25, 0.3) is 0 Å². The Morgan fingerprint density at radius 1 is 1.63 bits per heavy atom. The SMILES string of the molecule is CCC(CC#N)NC(=O)c1ccc([N+](=O)[O-])cc1Cl. The number of hydrogen-bond acceptors (Lipinski definition) is 4. The third-order valence-corrected chi connectivity index (χ3v) is 2.89. The van der Waals surface area contributed by atoms with Gasteiger partial charge >= 0.3 is 0 Å². The highest BCUT2D eigenvalue weighted by atomic mass is 35.5. The van der Waals surface area contributed by atoms with Crippen LogP contribution in [-0.4, -0.2) is 16.9 Å². The number of amides is 1. The zero-order valence-corrected chi connectivity index (χ0v) is 11.0. The molecular formula is C12H12ClN3O3. The van der Waals surface area contributed by atoms with Gasteiger partial charge in [-0.2, -0.15) is 5.26 Å². The number of nitrogens with one attached hydrogen (secondary N) is 1. The van der Waals surface area contributed by atoms with Gasteiger partial charge in [-0.3, -0.25) is 14.9 Å². The Bertz CT molecular complexity index is 540. The summed E-state index contributed by atoms with van der Waals surface area (Å²) in [6.07, 6.45) is 0.816. The summed E-state index contributed by atoms with van der Waals surface area (Å²) in [6.45, 7) is 1.85. The van der Waals surface area contributed by atoms with E-state index < -0.39 is 10.8 Å². The molecule has 1 atom stereocenters. The summed E-state index contributed by atoms with van der Waals surface area (Å²) in [6, 6.07) is 5.36. The number of benzene rings is 1. The Labute approximate surface area is 115 Å². The van der Waals surface area contributed by atoms with Gasteiger partial charge in [-0.25, -0.2) is 0 Å². The largest absolute Gasteiger partial charge is 0.348 e. The molecule has 6 nitrogen and oxygen atoms in total. The lowest BCUT2D eigenvalue weighted by Gasteiger charge is -2.14. The number of nitro benzene ring substituents is 1. The van der Waals surface area contributed by atoms with Crippen LogP contribution in [-0.2, 0) is 0 Å². The standard InChI is InChI=1S/C12H12ClN3O3/c1-2-8(5-6-14)15-12(17)10-4-3-9(16(18)19)7-11(10)13/h3-4,7-8H,2,5H2,1H3,(H,15,17). The van der Waals surface area contributed by atoms with Crippen LogP contribution < -0.4 is 5.32 Å². The summed E-state index contributed by atoms with van der Waals surface area (Å²) >= 11 is 5.84. The summed E-state index contributed by atoms with van der Waals surface area (Å²) in [5.74, 6) is -0.443. The minimum absolute atomic E-state index is 0.0125. The number of hydrogen-bond donors (Lipinski definition) is 1. The Balaban J connectivity index is 2.89. The second-order valence-electron chi connectivity index (χ2n) is 3.86. The smallest absolute Gasteiger partial charge is 0.270 e. The topological polar surface area (TPSA) is 96.0 Å². The Kier molecular flexibility index (Phi) is 5.27. The van der Waals surface area contributed by atoms with Crippen LogP contribution in [0.1, 0.15) is 30.1 Å².